The van der Waals surface area contributed by atoms with Crippen molar-refractivity contribution in [2.24, 2.45) is 0 Å². The Morgan fingerprint density at radius 1 is 1.14 bits per heavy atom. The highest BCUT2D eigenvalue weighted by Crippen LogP contribution is 2.36. The van der Waals surface area contributed by atoms with Gasteiger partial charge in [0, 0.05) is 56.1 Å². The molecule has 14 heteroatoms. The summed E-state index contributed by atoms with van der Waals surface area (Å²) in [6, 6.07) is 8.84. The van der Waals surface area contributed by atoms with Gasteiger partial charge in [-0.1, -0.05) is 6.07 Å². The fourth-order valence-corrected chi connectivity index (χ4v) is 6.23. The third-order valence-electron chi connectivity index (χ3n) is 8.51. The topological polar surface area (TPSA) is 154 Å². The van der Waals surface area contributed by atoms with E-state index in [4.69, 9.17) is 24.2 Å². The molecule has 0 saturated carbocycles. The van der Waals surface area contributed by atoms with Crippen LogP contribution < -0.4 is 14.4 Å². The predicted molar refractivity (Wildman–Crippen MR) is 157 cm³/mol. The molecule has 4 aromatic heterocycles. The molecule has 4 saturated heterocycles. The SMILES string of the molecule is COc1ccc(CN2C3CC2CN(c2cnc(-c4cc(OC[C@H]5CN(C(=O)O)CCO5)cn5ncc(C#N)c45)cn2)C3)cn1. The van der Waals surface area contributed by atoms with Gasteiger partial charge in [-0.15, -0.1) is 0 Å². The standard InChI is InChI=1S/C30H31N9O5/c1-42-28-3-2-19(9-34-28)13-38-21-6-22(38)15-37(14-21)27-12-32-26(11-33-27)25-7-23(17-39-29(25)20(8-31)10-35-39)44-18-24-16-36(30(40)41)4-5-43-24/h2-3,7,9-12,17,21-22,24H,4-6,13-16,18H2,1H3,(H,40,41)/t21?,22?,24-/m1/s1. The van der Waals surface area contributed by atoms with Crippen LogP contribution in [0.3, 0.4) is 0 Å². The molecule has 1 amide bonds. The number of hydrogen-bond acceptors (Lipinski definition) is 11. The van der Waals surface area contributed by atoms with Crippen molar-refractivity contribution < 1.29 is 24.1 Å². The molecular weight excluding hydrogens is 566 g/mol. The zero-order valence-corrected chi connectivity index (χ0v) is 24.1. The van der Waals surface area contributed by atoms with Gasteiger partial charge in [-0.25, -0.2) is 19.3 Å². The molecule has 2 unspecified atom stereocenters. The second-order valence-corrected chi connectivity index (χ2v) is 11.2. The summed E-state index contributed by atoms with van der Waals surface area (Å²) in [4.78, 5) is 31.3. The van der Waals surface area contributed by atoms with Gasteiger partial charge in [0.05, 0.1) is 61.8 Å². The van der Waals surface area contributed by atoms with Crippen molar-refractivity contribution in [2.45, 2.75) is 31.2 Å². The third-order valence-corrected chi connectivity index (χ3v) is 8.51. The molecule has 4 fully saturated rings. The number of piperazine rings is 1. The number of fused-ring (bicyclic) bond motifs is 3. The first-order valence-electron chi connectivity index (χ1n) is 14.4. The second kappa shape index (κ2) is 11.6. The van der Waals surface area contributed by atoms with E-state index in [0.717, 1.165) is 31.9 Å². The van der Waals surface area contributed by atoms with Crippen LogP contribution in [0.25, 0.3) is 16.8 Å². The molecule has 0 spiro atoms. The van der Waals surface area contributed by atoms with Crippen LogP contribution in [0.5, 0.6) is 11.6 Å². The zero-order valence-electron chi connectivity index (χ0n) is 24.1. The maximum Gasteiger partial charge on any atom is 0.407 e. The number of methoxy groups -OCH3 is 1. The molecule has 1 N–H and O–H groups in total. The molecule has 0 radical (unpaired) electrons. The van der Waals surface area contributed by atoms with Gasteiger partial charge < -0.3 is 29.1 Å². The van der Waals surface area contributed by atoms with Crippen molar-refractivity contribution in [3.05, 3.63) is 60.3 Å². The fraction of sp³-hybridized carbons (Fsp3) is 0.400. The first-order chi connectivity index (χ1) is 21.5. The van der Waals surface area contributed by atoms with Crippen LogP contribution in [-0.4, -0.2) is 110 Å². The first-order valence-corrected chi connectivity index (χ1v) is 14.4. The predicted octanol–water partition coefficient (Wildman–Crippen LogP) is 2.29. The summed E-state index contributed by atoms with van der Waals surface area (Å²) in [5.74, 6) is 1.92. The highest BCUT2D eigenvalue weighted by Gasteiger charge is 2.44. The summed E-state index contributed by atoms with van der Waals surface area (Å²) >= 11 is 0. The van der Waals surface area contributed by atoms with E-state index in [0.29, 0.717) is 59.2 Å². The average Bonchev–Trinajstić information content (AvgIpc) is 3.49. The molecule has 4 aromatic rings. The van der Waals surface area contributed by atoms with Crippen LogP contribution in [0.4, 0.5) is 10.6 Å². The first kappa shape index (κ1) is 27.8. The van der Waals surface area contributed by atoms with Crippen LogP contribution >= 0.6 is 0 Å². The lowest BCUT2D eigenvalue weighted by Gasteiger charge is -2.56. The lowest BCUT2D eigenvalue weighted by Crippen LogP contribution is -2.68. The molecule has 8 rings (SSSR count). The second-order valence-electron chi connectivity index (χ2n) is 11.2. The van der Waals surface area contributed by atoms with Gasteiger partial charge in [-0.3, -0.25) is 9.88 Å². The number of hydrogen-bond donors (Lipinski definition) is 1. The van der Waals surface area contributed by atoms with Gasteiger partial charge in [0.15, 0.2) is 0 Å². The van der Waals surface area contributed by atoms with Crippen molar-refractivity contribution in [2.75, 3.05) is 51.4 Å². The number of piperidine rings is 1. The number of morpholine rings is 1. The molecule has 14 nitrogen and oxygen atoms in total. The lowest BCUT2D eigenvalue weighted by atomic mass is 9.87. The van der Waals surface area contributed by atoms with E-state index in [9.17, 15) is 15.2 Å². The molecule has 4 aliphatic rings. The van der Waals surface area contributed by atoms with Gasteiger partial charge in [0.2, 0.25) is 5.88 Å². The summed E-state index contributed by atoms with van der Waals surface area (Å²) in [7, 11) is 1.62. The summed E-state index contributed by atoms with van der Waals surface area (Å²) in [5, 5.41) is 23.4. The minimum absolute atomic E-state index is 0.162. The van der Waals surface area contributed by atoms with Crippen LogP contribution in [0, 0.1) is 11.3 Å². The molecule has 0 aliphatic carbocycles. The molecule has 3 atom stereocenters. The normalized spacial score (nSPS) is 21.5. The van der Waals surface area contributed by atoms with E-state index >= 15 is 0 Å². The Bertz CT molecular complexity index is 1690. The number of pyridine rings is 2. The Hall–Kier alpha value is -5.00. The molecule has 44 heavy (non-hydrogen) atoms. The Morgan fingerprint density at radius 2 is 2.00 bits per heavy atom. The molecule has 8 heterocycles. The number of rotatable bonds is 8. The maximum atomic E-state index is 11.4. The highest BCUT2D eigenvalue weighted by molar-refractivity contribution is 5.83. The monoisotopic (exact) mass is 597 g/mol. The van der Waals surface area contributed by atoms with Crippen LogP contribution in [-0.2, 0) is 11.3 Å². The third kappa shape index (κ3) is 5.31. The lowest BCUT2D eigenvalue weighted by molar-refractivity contribution is -0.0412. The molecule has 0 aromatic carbocycles. The van der Waals surface area contributed by atoms with Crippen molar-refractivity contribution in [1.82, 2.24) is 34.4 Å². The Morgan fingerprint density at radius 3 is 2.70 bits per heavy atom. The molecule has 226 valence electrons. The van der Waals surface area contributed by atoms with Crippen molar-refractivity contribution in [1.29, 1.82) is 5.26 Å². The Kier molecular flexibility index (Phi) is 7.32. The van der Waals surface area contributed by atoms with Crippen LogP contribution in [0.15, 0.2) is 49.2 Å². The minimum Gasteiger partial charge on any atom is -0.489 e. The Balaban J connectivity index is 1.06. The van der Waals surface area contributed by atoms with Gasteiger partial charge in [0.25, 0.3) is 0 Å². The highest BCUT2D eigenvalue weighted by atomic mass is 16.5. The van der Waals surface area contributed by atoms with Crippen molar-refractivity contribution in [3.63, 3.8) is 0 Å². The summed E-state index contributed by atoms with van der Waals surface area (Å²) in [5.41, 5.74) is 3.43. The van der Waals surface area contributed by atoms with Crippen LogP contribution in [0.2, 0.25) is 0 Å². The number of nitrogens with zero attached hydrogens (tertiary/aromatic N) is 9. The van der Waals surface area contributed by atoms with E-state index in [-0.39, 0.29) is 13.2 Å². The number of anilines is 1. The van der Waals surface area contributed by atoms with Gasteiger partial charge >= 0.3 is 6.09 Å². The Labute approximate surface area is 253 Å². The van der Waals surface area contributed by atoms with E-state index in [1.807, 2.05) is 12.3 Å². The fourth-order valence-electron chi connectivity index (χ4n) is 6.23. The molecular formula is C30H31N9O5. The van der Waals surface area contributed by atoms with E-state index in [1.165, 1.54) is 16.7 Å². The minimum atomic E-state index is -0.977. The quantitative estimate of drug-likeness (QED) is 0.317. The smallest absolute Gasteiger partial charge is 0.407 e. The van der Waals surface area contributed by atoms with Crippen LogP contribution in [0.1, 0.15) is 17.5 Å². The molecule has 2 bridgehead atoms. The number of carboxylic acid groups (broad SMARTS) is 1. The van der Waals surface area contributed by atoms with Crippen molar-refractivity contribution >= 4 is 17.4 Å². The van der Waals surface area contributed by atoms with Gasteiger partial charge in [0.1, 0.15) is 30.3 Å². The summed E-state index contributed by atoms with van der Waals surface area (Å²) in [6.07, 6.45) is 8.36. The number of carbonyl (C=O) groups is 1. The molecule has 4 aliphatic heterocycles. The van der Waals surface area contributed by atoms with E-state index < -0.39 is 12.2 Å². The summed E-state index contributed by atoms with van der Waals surface area (Å²) < 4.78 is 18.5. The zero-order chi connectivity index (χ0) is 30.2. The maximum absolute atomic E-state index is 11.4. The van der Waals surface area contributed by atoms with E-state index in [2.05, 4.69) is 32.0 Å². The average molecular weight is 598 g/mol. The number of aromatic nitrogens is 5. The van der Waals surface area contributed by atoms with Gasteiger partial charge in [-0.2, -0.15) is 10.4 Å². The summed E-state index contributed by atoms with van der Waals surface area (Å²) in [6.45, 7) is 3.63. The van der Waals surface area contributed by atoms with E-state index in [1.54, 1.807) is 36.3 Å². The largest absolute Gasteiger partial charge is 0.489 e. The number of ether oxygens (including phenoxy) is 3. The number of amides is 1. The van der Waals surface area contributed by atoms with Gasteiger partial charge in [-0.05, 0) is 18.1 Å². The van der Waals surface area contributed by atoms with Crippen molar-refractivity contribution in [3.8, 4) is 29.0 Å². The number of nitriles is 1.